The van der Waals surface area contributed by atoms with Crippen molar-refractivity contribution < 1.29 is 27.2 Å². The van der Waals surface area contributed by atoms with Crippen LogP contribution in [0.15, 0.2) is 16.9 Å². The Bertz CT molecular complexity index is 296. The van der Waals surface area contributed by atoms with E-state index in [4.69, 9.17) is 0 Å². The molecular weight excluding hydrogens is 205 g/mol. The normalized spacial score (nSPS) is 11.1. The summed E-state index contributed by atoms with van der Waals surface area (Å²) in [6.45, 7) is -1.64. The van der Waals surface area contributed by atoms with Crippen molar-refractivity contribution in [2.75, 3.05) is 11.9 Å². The van der Waals surface area contributed by atoms with Crippen LogP contribution in [0.3, 0.4) is 0 Å². The molecule has 14 heavy (non-hydrogen) atoms. The Hall–Kier alpha value is -1.73. The number of aromatic nitrogens is 1. The molecule has 0 aliphatic carbocycles. The first kappa shape index (κ1) is 10.4. The van der Waals surface area contributed by atoms with Gasteiger partial charge in [-0.1, -0.05) is 5.16 Å². The van der Waals surface area contributed by atoms with E-state index in [0.29, 0.717) is 0 Å². The van der Waals surface area contributed by atoms with E-state index in [2.05, 4.69) is 14.4 Å². The predicted molar refractivity (Wildman–Crippen MR) is 37.5 cm³/mol. The van der Waals surface area contributed by atoms with E-state index < -0.39 is 18.9 Å². The molecule has 0 spiro atoms. The van der Waals surface area contributed by atoms with E-state index in [1.54, 1.807) is 0 Å². The lowest BCUT2D eigenvalue weighted by atomic mass is 10.6. The topological polar surface area (TPSA) is 64.4 Å². The zero-order chi connectivity index (χ0) is 10.6. The molecule has 0 unspecified atom stereocenters. The fourth-order valence-corrected chi connectivity index (χ4v) is 0.565. The van der Waals surface area contributed by atoms with E-state index in [9.17, 15) is 18.0 Å². The molecule has 1 aromatic heterocycles. The molecule has 0 bridgehead atoms. The van der Waals surface area contributed by atoms with Gasteiger partial charge in [0.15, 0.2) is 12.4 Å². The van der Waals surface area contributed by atoms with Gasteiger partial charge in [0.25, 0.3) is 0 Å². The number of nitrogens with one attached hydrogen (secondary N) is 1. The average Bonchev–Trinajstić information content (AvgIpc) is 2.52. The fourth-order valence-electron chi connectivity index (χ4n) is 0.565. The van der Waals surface area contributed by atoms with Crippen LogP contribution in [0.25, 0.3) is 0 Å². The van der Waals surface area contributed by atoms with Gasteiger partial charge in [0, 0.05) is 6.07 Å². The molecule has 0 saturated carbocycles. The molecule has 5 nitrogen and oxygen atoms in total. The molecule has 0 atom stereocenters. The summed E-state index contributed by atoms with van der Waals surface area (Å²) in [4.78, 5) is 10.6. The zero-order valence-electron chi connectivity index (χ0n) is 6.67. The Morgan fingerprint density at radius 1 is 1.64 bits per heavy atom. The molecule has 78 valence electrons. The molecule has 1 aromatic rings. The zero-order valence-corrected chi connectivity index (χ0v) is 6.67. The lowest BCUT2D eigenvalue weighted by molar-refractivity contribution is -0.159. The van der Waals surface area contributed by atoms with Gasteiger partial charge in [0.05, 0.1) is 0 Å². The van der Waals surface area contributed by atoms with Gasteiger partial charge in [0.2, 0.25) is 0 Å². The smallest absolute Gasteiger partial charge is 0.422 e. The maximum atomic E-state index is 11.6. The molecule has 0 aliphatic rings. The number of nitrogens with zero attached hydrogens (tertiary/aromatic N) is 1. The highest BCUT2D eigenvalue weighted by atomic mass is 19.4. The van der Waals surface area contributed by atoms with E-state index in [1.807, 2.05) is 5.32 Å². The third kappa shape index (κ3) is 3.78. The highest BCUT2D eigenvalue weighted by molar-refractivity contribution is 5.83. The van der Waals surface area contributed by atoms with Gasteiger partial charge in [-0.25, -0.2) is 4.79 Å². The molecule has 0 saturated heterocycles. The summed E-state index contributed by atoms with van der Waals surface area (Å²) >= 11 is 0. The van der Waals surface area contributed by atoms with Gasteiger partial charge >= 0.3 is 12.3 Å². The highest BCUT2D eigenvalue weighted by Crippen LogP contribution is 2.14. The number of hydrogen-bond donors (Lipinski definition) is 1. The first-order valence-corrected chi connectivity index (χ1v) is 3.38. The van der Waals surface area contributed by atoms with Crippen LogP contribution in [0.5, 0.6) is 0 Å². The van der Waals surface area contributed by atoms with Crippen molar-refractivity contribution in [2.24, 2.45) is 0 Å². The summed E-state index contributed by atoms with van der Waals surface area (Å²) < 4.78 is 42.8. The number of carbonyl (C=O) groups excluding carboxylic acids is 1. The van der Waals surface area contributed by atoms with Crippen molar-refractivity contribution >= 4 is 11.9 Å². The third-order valence-electron chi connectivity index (χ3n) is 1.03. The first-order valence-electron chi connectivity index (χ1n) is 3.38. The Morgan fingerprint density at radius 2 is 2.36 bits per heavy atom. The second-order valence-corrected chi connectivity index (χ2v) is 2.20. The van der Waals surface area contributed by atoms with Gasteiger partial charge < -0.3 is 9.26 Å². The van der Waals surface area contributed by atoms with E-state index >= 15 is 0 Å². The number of ether oxygens (including phenoxy) is 1. The number of halogens is 3. The number of hydrogen-bond acceptors (Lipinski definition) is 4. The third-order valence-corrected chi connectivity index (χ3v) is 1.03. The summed E-state index contributed by atoms with van der Waals surface area (Å²) in [6, 6.07) is 1.26. The minimum absolute atomic E-state index is 0.0165. The number of carbonyl (C=O) groups is 1. The Kier molecular flexibility index (Phi) is 2.95. The fraction of sp³-hybridized carbons (Fsp3) is 0.333. The molecule has 0 fully saturated rings. The van der Waals surface area contributed by atoms with Crippen LogP contribution in [0.1, 0.15) is 0 Å². The van der Waals surface area contributed by atoms with Crippen molar-refractivity contribution in [1.29, 1.82) is 0 Å². The van der Waals surface area contributed by atoms with Crippen molar-refractivity contribution in [3.05, 3.63) is 12.3 Å². The predicted octanol–water partition coefficient (Wildman–Crippen LogP) is 1.79. The van der Waals surface area contributed by atoms with Gasteiger partial charge in [-0.3, -0.25) is 5.32 Å². The highest BCUT2D eigenvalue weighted by Gasteiger charge is 2.29. The Balaban J connectivity index is 2.30. The van der Waals surface area contributed by atoms with Gasteiger partial charge in [-0.15, -0.1) is 0 Å². The summed E-state index contributed by atoms with van der Waals surface area (Å²) in [5.41, 5.74) is 0. The number of alkyl halides is 3. The van der Waals surface area contributed by atoms with Crippen LogP contribution in [-0.4, -0.2) is 24.0 Å². The van der Waals surface area contributed by atoms with Gasteiger partial charge in [-0.2, -0.15) is 13.2 Å². The Labute approximate surface area is 75.8 Å². The SMILES string of the molecule is O=C(Nc1ccon1)OCC(F)(F)F. The number of rotatable bonds is 2. The average molecular weight is 210 g/mol. The molecule has 0 aliphatic heterocycles. The van der Waals surface area contributed by atoms with E-state index in [1.165, 1.54) is 6.07 Å². The minimum Gasteiger partial charge on any atom is -0.440 e. The monoisotopic (exact) mass is 210 g/mol. The quantitative estimate of drug-likeness (QED) is 0.807. The second-order valence-electron chi connectivity index (χ2n) is 2.20. The number of anilines is 1. The van der Waals surface area contributed by atoms with Crippen LogP contribution < -0.4 is 5.32 Å². The van der Waals surface area contributed by atoms with Crippen LogP contribution in [0, 0.1) is 0 Å². The van der Waals surface area contributed by atoms with E-state index in [-0.39, 0.29) is 5.82 Å². The molecule has 8 heteroatoms. The molecular formula is C6H5F3N2O3. The maximum absolute atomic E-state index is 11.6. The van der Waals surface area contributed by atoms with Crippen LogP contribution in [0.2, 0.25) is 0 Å². The van der Waals surface area contributed by atoms with Crippen LogP contribution in [-0.2, 0) is 4.74 Å². The van der Waals surface area contributed by atoms with Gasteiger partial charge in [0.1, 0.15) is 6.26 Å². The van der Waals surface area contributed by atoms with Crippen molar-refractivity contribution in [3.8, 4) is 0 Å². The standard InChI is InChI=1S/C6H5F3N2O3/c7-6(8,9)3-13-5(12)10-4-1-2-14-11-4/h1-2H,3H2,(H,10,11,12). The molecule has 1 amide bonds. The molecule has 0 aromatic carbocycles. The summed E-state index contributed by atoms with van der Waals surface area (Å²) in [5, 5.41) is 5.16. The van der Waals surface area contributed by atoms with Crippen LogP contribution >= 0.6 is 0 Å². The van der Waals surface area contributed by atoms with Crippen molar-refractivity contribution in [2.45, 2.75) is 6.18 Å². The van der Waals surface area contributed by atoms with Crippen molar-refractivity contribution in [3.63, 3.8) is 0 Å². The first-order chi connectivity index (χ1) is 6.47. The Morgan fingerprint density at radius 3 is 2.86 bits per heavy atom. The molecule has 0 radical (unpaired) electrons. The summed E-state index contributed by atoms with van der Waals surface area (Å²) in [7, 11) is 0. The lowest BCUT2D eigenvalue weighted by Crippen LogP contribution is -2.23. The summed E-state index contributed by atoms with van der Waals surface area (Å²) in [6.07, 6.45) is -4.63. The maximum Gasteiger partial charge on any atom is 0.422 e. The number of amides is 1. The van der Waals surface area contributed by atoms with E-state index in [0.717, 1.165) is 6.26 Å². The van der Waals surface area contributed by atoms with Crippen molar-refractivity contribution in [1.82, 2.24) is 5.16 Å². The van der Waals surface area contributed by atoms with Crippen LogP contribution in [0.4, 0.5) is 23.8 Å². The van der Waals surface area contributed by atoms with Gasteiger partial charge in [-0.05, 0) is 0 Å². The lowest BCUT2D eigenvalue weighted by Gasteiger charge is -2.06. The molecule has 1 N–H and O–H groups in total. The minimum atomic E-state index is -4.54. The molecule has 1 rings (SSSR count). The second kappa shape index (κ2) is 3.99. The molecule has 1 heterocycles. The largest absolute Gasteiger partial charge is 0.440 e. The summed E-state index contributed by atoms with van der Waals surface area (Å²) in [5.74, 6) is -0.0165.